The first kappa shape index (κ1) is 19.6. The smallest absolute Gasteiger partial charge is 0.223 e. The van der Waals surface area contributed by atoms with Gasteiger partial charge in [-0.3, -0.25) is 9.79 Å². The van der Waals surface area contributed by atoms with Crippen LogP contribution in [0.25, 0.3) is 0 Å². The van der Waals surface area contributed by atoms with Gasteiger partial charge in [0.25, 0.3) is 0 Å². The molecule has 7 nitrogen and oxygen atoms in total. The van der Waals surface area contributed by atoms with E-state index in [9.17, 15) is 4.79 Å². The Labute approximate surface area is 144 Å². The molecule has 7 heteroatoms. The summed E-state index contributed by atoms with van der Waals surface area (Å²) in [5, 5.41) is 6.32. The lowest BCUT2D eigenvalue weighted by Crippen LogP contribution is -2.39. The number of carbonyl (C=O) groups is 1. The molecule has 0 aliphatic heterocycles. The van der Waals surface area contributed by atoms with E-state index in [1.165, 1.54) is 0 Å². The van der Waals surface area contributed by atoms with E-state index in [-0.39, 0.29) is 5.91 Å². The fourth-order valence-corrected chi connectivity index (χ4v) is 1.84. The maximum absolute atomic E-state index is 11.5. The van der Waals surface area contributed by atoms with Crippen LogP contribution >= 0.6 is 0 Å². The van der Waals surface area contributed by atoms with E-state index in [2.05, 4.69) is 15.6 Å². The summed E-state index contributed by atoms with van der Waals surface area (Å²) in [6.45, 7) is 4.32. The summed E-state index contributed by atoms with van der Waals surface area (Å²) in [5.41, 5.74) is 0. The quantitative estimate of drug-likeness (QED) is 0.401. The zero-order valence-corrected chi connectivity index (χ0v) is 15.0. The Bertz CT molecular complexity index is 515. The number of hydrogen-bond donors (Lipinski definition) is 2. The number of guanidine groups is 1. The largest absolute Gasteiger partial charge is 0.497 e. The molecule has 0 heterocycles. The molecule has 0 saturated heterocycles. The van der Waals surface area contributed by atoms with Crippen LogP contribution < -0.4 is 20.1 Å². The van der Waals surface area contributed by atoms with Crippen LogP contribution in [0.3, 0.4) is 0 Å². The van der Waals surface area contributed by atoms with Gasteiger partial charge in [0.1, 0.15) is 18.1 Å². The van der Waals surface area contributed by atoms with Crippen LogP contribution in [0.5, 0.6) is 11.5 Å². The van der Waals surface area contributed by atoms with E-state index in [1.54, 1.807) is 26.1 Å². The molecule has 24 heavy (non-hydrogen) atoms. The minimum absolute atomic E-state index is 0.0671. The van der Waals surface area contributed by atoms with Crippen molar-refractivity contribution in [2.45, 2.75) is 13.3 Å². The topological polar surface area (TPSA) is 75.2 Å². The zero-order valence-electron chi connectivity index (χ0n) is 15.0. The first-order valence-corrected chi connectivity index (χ1v) is 8.06. The van der Waals surface area contributed by atoms with E-state index >= 15 is 0 Å². The first-order valence-electron chi connectivity index (χ1n) is 8.06. The minimum atomic E-state index is 0.0671. The molecule has 0 fully saturated rings. The highest BCUT2D eigenvalue weighted by Crippen LogP contribution is 2.16. The molecule has 0 radical (unpaired) electrons. The minimum Gasteiger partial charge on any atom is -0.497 e. The molecule has 0 bridgehead atoms. The molecule has 0 aliphatic carbocycles. The summed E-state index contributed by atoms with van der Waals surface area (Å²) < 4.78 is 10.7. The fourth-order valence-electron chi connectivity index (χ4n) is 1.84. The Balaban J connectivity index is 2.33. The number of carbonyl (C=O) groups excluding carboxylic acids is 1. The maximum Gasteiger partial charge on any atom is 0.223 e. The third-order valence-electron chi connectivity index (χ3n) is 3.16. The predicted molar refractivity (Wildman–Crippen MR) is 95.8 cm³/mol. The van der Waals surface area contributed by atoms with Gasteiger partial charge in [0.05, 0.1) is 20.2 Å². The third kappa shape index (κ3) is 7.71. The summed E-state index contributed by atoms with van der Waals surface area (Å²) >= 11 is 0. The number of nitrogens with one attached hydrogen (secondary N) is 2. The third-order valence-corrected chi connectivity index (χ3v) is 3.16. The zero-order chi connectivity index (χ0) is 17.8. The molecule has 1 aromatic rings. The van der Waals surface area contributed by atoms with Gasteiger partial charge in [-0.25, -0.2) is 0 Å². The van der Waals surface area contributed by atoms with Crippen molar-refractivity contribution < 1.29 is 14.3 Å². The lowest BCUT2D eigenvalue weighted by Gasteiger charge is -2.13. The monoisotopic (exact) mass is 336 g/mol. The molecule has 0 unspecified atom stereocenters. The molecule has 0 atom stereocenters. The predicted octanol–water partition coefficient (Wildman–Crippen LogP) is 1.11. The number of aliphatic imine (C=N–C) groups is 1. The van der Waals surface area contributed by atoms with Crippen LogP contribution in [0.2, 0.25) is 0 Å². The van der Waals surface area contributed by atoms with Crippen LogP contribution in [0, 0.1) is 0 Å². The van der Waals surface area contributed by atoms with Crippen LogP contribution in [0.1, 0.15) is 13.3 Å². The first-order chi connectivity index (χ1) is 11.6. The molecule has 1 amide bonds. The highest BCUT2D eigenvalue weighted by Gasteiger charge is 2.03. The van der Waals surface area contributed by atoms with Gasteiger partial charge in [0.2, 0.25) is 5.91 Å². The van der Waals surface area contributed by atoms with Crippen LogP contribution in [-0.4, -0.2) is 64.2 Å². The molecule has 0 spiro atoms. The van der Waals surface area contributed by atoms with Gasteiger partial charge in [-0.05, 0) is 31.2 Å². The summed E-state index contributed by atoms with van der Waals surface area (Å²) in [7, 11) is 5.12. The molecule has 0 saturated carbocycles. The van der Waals surface area contributed by atoms with Gasteiger partial charge in [-0.1, -0.05) is 0 Å². The van der Waals surface area contributed by atoms with Crippen LogP contribution in [-0.2, 0) is 4.79 Å². The number of amides is 1. The second-order valence-electron chi connectivity index (χ2n) is 5.25. The van der Waals surface area contributed by atoms with Gasteiger partial charge in [0.15, 0.2) is 5.96 Å². The van der Waals surface area contributed by atoms with Crippen LogP contribution in [0.15, 0.2) is 29.3 Å². The lowest BCUT2D eigenvalue weighted by atomic mass is 10.3. The highest BCUT2D eigenvalue weighted by molar-refractivity contribution is 5.80. The van der Waals surface area contributed by atoms with Gasteiger partial charge in [-0.2, -0.15) is 0 Å². The molecule has 0 aliphatic rings. The summed E-state index contributed by atoms with van der Waals surface area (Å²) in [5.74, 6) is 2.34. The van der Waals surface area contributed by atoms with Crippen molar-refractivity contribution in [3.8, 4) is 11.5 Å². The number of rotatable bonds is 9. The van der Waals surface area contributed by atoms with Crippen molar-refractivity contribution in [1.82, 2.24) is 15.5 Å². The molecule has 0 aromatic heterocycles. The Morgan fingerprint density at radius 1 is 1.17 bits per heavy atom. The SMILES string of the molecule is CCNC(=NCCC(=O)N(C)C)NCCOc1ccc(OC)cc1. The fraction of sp³-hybridized carbons (Fsp3) is 0.529. The Hall–Kier alpha value is -2.44. The van der Waals surface area contributed by atoms with E-state index in [0.717, 1.165) is 18.0 Å². The molecule has 1 rings (SSSR count). The standard InChI is InChI=1S/C17H28N4O3/c1-5-18-17(19-11-10-16(22)21(2)3)20-12-13-24-15-8-6-14(23-4)7-9-15/h6-9H,5,10-13H2,1-4H3,(H2,18,19,20). The lowest BCUT2D eigenvalue weighted by molar-refractivity contribution is -0.128. The van der Waals surface area contributed by atoms with Crippen molar-refractivity contribution in [2.24, 2.45) is 4.99 Å². The number of benzene rings is 1. The number of ether oxygens (including phenoxy) is 2. The second kappa shape index (κ2) is 11.2. The molecule has 134 valence electrons. The van der Waals surface area contributed by atoms with E-state index in [1.807, 2.05) is 31.2 Å². The van der Waals surface area contributed by atoms with Crippen molar-refractivity contribution in [3.63, 3.8) is 0 Å². The average molecular weight is 336 g/mol. The maximum atomic E-state index is 11.5. The van der Waals surface area contributed by atoms with E-state index < -0.39 is 0 Å². The number of hydrogen-bond acceptors (Lipinski definition) is 4. The molecule has 1 aromatic carbocycles. The number of methoxy groups -OCH3 is 1. The highest BCUT2D eigenvalue weighted by atomic mass is 16.5. The normalized spacial score (nSPS) is 10.9. The van der Waals surface area contributed by atoms with Crippen molar-refractivity contribution >= 4 is 11.9 Å². The number of nitrogens with zero attached hydrogens (tertiary/aromatic N) is 2. The summed E-state index contributed by atoms with van der Waals surface area (Å²) in [6, 6.07) is 7.45. The Kier molecular flexibility index (Phi) is 9.11. The average Bonchev–Trinajstić information content (AvgIpc) is 2.58. The summed E-state index contributed by atoms with van der Waals surface area (Å²) in [4.78, 5) is 17.5. The Morgan fingerprint density at radius 3 is 2.42 bits per heavy atom. The van der Waals surface area contributed by atoms with E-state index in [0.29, 0.717) is 32.1 Å². The van der Waals surface area contributed by atoms with Crippen LogP contribution in [0.4, 0.5) is 0 Å². The molecular formula is C17H28N4O3. The van der Waals surface area contributed by atoms with Crippen molar-refractivity contribution in [3.05, 3.63) is 24.3 Å². The molecule has 2 N–H and O–H groups in total. The van der Waals surface area contributed by atoms with Gasteiger partial charge in [0, 0.05) is 27.1 Å². The Morgan fingerprint density at radius 2 is 1.83 bits per heavy atom. The summed E-state index contributed by atoms with van der Waals surface area (Å²) in [6.07, 6.45) is 0.395. The van der Waals surface area contributed by atoms with Gasteiger partial charge < -0.3 is 25.0 Å². The molecular weight excluding hydrogens is 308 g/mol. The van der Waals surface area contributed by atoms with Crippen molar-refractivity contribution in [1.29, 1.82) is 0 Å². The van der Waals surface area contributed by atoms with E-state index in [4.69, 9.17) is 9.47 Å². The van der Waals surface area contributed by atoms with Gasteiger partial charge >= 0.3 is 0 Å². The van der Waals surface area contributed by atoms with Crippen molar-refractivity contribution in [2.75, 3.05) is 47.4 Å². The second-order valence-corrected chi connectivity index (χ2v) is 5.25. The van der Waals surface area contributed by atoms with Gasteiger partial charge in [-0.15, -0.1) is 0 Å².